The Morgan fingerprint density at radius 1 is 1.25 bits per heavy atom. The van der Waals surface area contributed by atoms with E-state index in [1.165, 1.54) is 12.8 Å². The van der Waals surface area contributed by atoms with Crippen LogP contribution in [0.3, 0.4) is 0 Å². The predicted octanol–water partition coefficient (Wildman–Crippen LogP) is 3.54. The predicted molar refractivity (Wildman–Crippen MR) is 77.8 cm³/mol. The molecule has 0 bridgehead atoms. The zero-order valence-corrected chi connectivity index (χ0v) is 11.7. The minimum Gasteiger partial charge on any atom is -0.441 e. The van der Waals surface area contributed by atoms with E-state index in [1.54, 1.807) is 0 Å². The molecule has 5 heteroatoms. The number of nitrogens with one attached hydrogen (secondary N) is 1. The zero-order valence-electron chi connectivity index (χ0n) is 11.7. The minimum absolute atomic E-state index is 0.0218. The minimum atomic E-state index is -0.0218. The molecule has 1 fully saturated rings. The van der Waals surface area contributed by atoms with E-state index in [1.807, 2.05) is 30.0 Å². The third-order valence-corrected chi connectivity index (χ3v) is 3.64. The number of carbonyl (C=O) groups excluding carboxylic acids is 1. The van der Waals surface area contributed by atoms with Crippen LogP contribution in [0.25, 0.3) is 11.1 Å². The van der Waals surface area contributed by atoms with Crippen molar-refractivity contribution >= 4 is 22.8 Å². The van der Waals surface area contributed by atoms with Gasteiger partial charge in [0, 0.05) is 25.7 Å². The Kier molecular flexibility index (Phi) is 3.58. The third-order valence-electron chi connectivity index (χ3n) is 3.64. The number of urea groups is 1. The molecule has 2 amide bonds. The number of carbonyl (C=O) groups is 1. The van der Waals surface area contributed by atoms with Crippen molar-refractivity contribution in [2.24, 2.45) is 0 Å². The summed E-state index contributed by atoms with van der Waals surface area (Å²) in [6, 6.07) is 5.52. The topological polar surface area (TPSA) is 58.4 Å². The van der Waals surface area contributed by atoms with E-state index in [0.29, 0.717) is 5.89 Å². The molecule has 20 heavy (non-hydrogen) atoms. The van der Waals surface area contributed by atoms with Crippen LogP contribution < -0.4 is 5.32 Å². The molecule has 0 atom stereocenters. The normalized spacial score (nSPS) is 16.1. The van der Waals surface area contributed by atoms with Gasteiger partial charge in [-0.1, -0.05) is 12.8 Å². The van der Waals surface area contributed by atoms with Gasteiger partial charge in [0.2, 0.25) is 0 Å². The summed E-state index contributed by atoms with van der Waals surface area (Å²) in [5.74, 6) is 0.635. The Morgan fingerprint density at radius 3 is 2.75 bits per heavy atom. The van der Waals surface area contributed by atoms with Gasteiger partial charge in [0.15, 0.2) is 11.5 Å². The van der Waals surface area contributed by atoms with Crippen LogP contribution in [0.5, 0.6) is 0 Å². The summed E-state index contributed by atoms with van der Waals surface area (Å²) in [7, 11) is 0. The molecule has 0 unspecified atom stereocenters. The van der Waals surface area contributed by atoms with Gasteiger partial charge in [-0.15, -0.1) is 0 Å². The lowest BCUT2D eigenvalue weighted by Gasteiger charge is -2.20. The van der Waals surface area contributed by atoms with Crippen molar-refractivity contribution in [3.8, 4) is 0 Å². The molecule has 2 aromatic rings. The number of anilines is 1. The van der Waals surface area contributed by atoms with Gasteiger partial charge < -0.3 is 14.6 Å². The summed E-state index contributed by atoms with van der Waals surface area (Å²) in [6.45, 7) is 3.50. The maximum Gasteiger partial charge on any atom is 0.321 e. The monoisotopic (exact) mass is 273 g/mol. The summed E-state index contributed by atoms with van der Waals surface area (Å²) in [4.78, 5) is 18.4. The summed E-state index contributed by atoms with van der Waals surface area (Å²) < 4.78 is 5.43. The quantitative estimate of drug-likeness (QED) is 0.864. The molecular weight excluding hydrogens is 254 g/mol. The van der Waals surface area contributed by atoms with E-state index < -0.39 is 0 Å². The number of nitrogens with zero attached hydrogens (tertiary/aromatic N) is 2. The van der Waals surface area contributed by atoms with E-state index in [-0.39, 0.29) is 6.03 Å². The summed E-state index contributed by atoms with van der Waals surface area (Å²) in [5, 5.41) is 2.95. The molecule has 1 aliphatic heterocycles. The number of hydrogen-bond donors (Lipinski definition) is 1. The largest absolute Gasteiger partial charge is 0.441 e. The fourth-order valence-corrected chi connectivity index (χ4v) is 2.60. The van der Waals surface area contributed by atoms with Crippen LogP contribution in [-0.2, 0) is 0 Å². The number of aryl methyl sites for hydroxylation is 1. The average molecular weight is 273 g/mol. The maximum absolute atomic E-state index is 12.2. The third kappa shape index (κ3) is 2.76. The summed E-state index contributed by atoms with van der Waals surface area (Å²) >= 11 is 0. The molecule has 3 rings (SSSR count). The second kappa shape index (κ2) is 5.53. The van der Waals surface area contributed by atoms with Crippen LogP contribution in [0.15, 0.2) is 22.6 Å². The molecule has 0 saturated carbocycles. The van der Waals surface area contributed by atoms with Gasteiger partial charge >= 0.3 is 6.03 Å². The van der Waals surface area contributed by atoms with Gasteiger partial charge in [-0.25, -0.2) is 9.78 Å². The lowest BCUT2D eigenvalue weighted by molar-refractivity contribution is 0.214. The van der Waals surface area contributed by atoms with Gasteiger partial charge in [0.25, 0.3) is 0 Å². The molecule has 0 spiro atoms. The highest BCUT2D eigenvalue weighted by atomic mass is 16.3. The van der Waals surface area contributed by atoms with Crippen molar-refractivity contribution in [1.82, 2.24) is 9.88 Å². The van der Waals surface area contributed by atoms with Crippen LogP contribution in [0.1, 0.15) is 31.6 Å². The van der Waals surface area contributed by atoms with Gasteiger partial charge in [-0.3, -0.25) is 0 Å². The van der Waals surface area contributed by atoms with Crippen LogP contribution in [0, 0.1) is 6.92 Å². The van der Waals surface area contributed by atoms with Crippen molar-refractivity contribution in [1.29, 1.82) is 0 Å². The first-order chi connectivity index (χ1) is 9.72. The number of benzene rings is 1. The fraction of sp³-hybridized carbons (Fsp3) is 0.467. The van der Waals surface area contributed by atoms with E-state index in [0.717, 1.165) is 42.7 Å². The van der Waals surface area contributed by atoms with Crippen molar-refractivity contribution in [2.45, 2.75) is 32.6 Å². The lowest BCUT2D eigenvalue weighted by Crippen LogP contribution is -2.35. The number of likely N-dealkylation sites (tertiary alicyclic amines) is 1. The van der Waals surface area contributed by atoms with E-state index in [4.69, 9.17) is 4.42 Å². The van der Waals surface area contributed by atoms with Crippen molar-refractivity contribution in [2.75, 3.05) is 18.4 Å². The Morgan fingerprint density at radius 2 is 2.00 bits per heavy atom. The molecule has 1 aromatic heterocycles. The number of fused-ring (bicyclic) bond motifs is 1. The number of amides is 2. The Hall–Kier alpha value is -2.04. The van der Waals surface area contributed by atoms with Gasteiger partial charge in [-0.05, 0) is 31.0 Å². The Bertz CT molecular complexity index is 613. The first-order valence-corrected chi connectivity index (χ1v) is 7.15. The molecule has 1 aromatic carbocycles. The number of aromatic nitrogens is 1. The van der Waals surface area contributed by atoms with E-state index >= 15 is 0 Å². The molecule has 1 aliphatic rings. The molecule has 5 nitrogen and oxygen atoms in total. The average Bonchev–Trinajstić information content (AvgIpc) is 2.64. The van der Waals surface area contributed by atoms with Crippen LogP contribution in [0.4, 0.5) is 10.5 Å². The summed E-state index contributed by atoms with van der Waals surface area (Å²) in [5.41, 5.74) is 2.28. The second-order valence-electron chi connectivity index (χ2n) is 5.25. The highest BCUT2D eigenvalue weighted by molar-refractivity contribution is 5.91. The highest BCUT2D eigenvalue weighted by Crippen LogP contribution is 2.20. The number of oxazole rings is 1. The van der Waals surface area contributed by atoms with Crippen LogP contribution >= 0.6 is 0 Å². The Labute approximate surface area is 118 Å². The van der Waals surface area contributed by atoms with Crippen LogP contribution in [-0.4, -0.2) is 29.0 Å². The molecule has 106 valence electrons. The number of hydrogen-bond acceptors (Lipinski definition) is 3. The van der Waals surface area contributed by atoms with E-state index in [9.17, 15) is 4.79 Å². The second-order valence-corrected chi connectivity index (χ2v) is 5.25. The zero-order chi connectivity index (χ0) is 13.9. The van der Waals surface area contributed by atoms with Gasteiger partial charge in [0.1, 0.15) is 5.52 Å². The first-order valence-electron chi connectivity index (χ1n) is 7.15. The molecule has 1 N–H and O–H groups in total. The van der Waals surface area contributed by atoms with Gasteiger partial charge in [0.05, 0.1) is 0 Å². The Balaban J connectivity index is 1.72. The smallest absolute Gasteiger partial charge is 0.321 e. The molecule has 2 heterocycles. The number of rotatable bonds is 1. The molecule has 0 aliphatic carbocycles. The highest BCUT2D eigenvalue weighted by Gasteiger charge is 2.15. The van der Waals surface area contributed by atoms with Crippen molar-refractivity contribution in [3.05, 3.63) is 24.1 Å². The maximum atomic E-state index is 12.2. The van der Waals surface area contributed by atoms with E-state index in [2.05, 4.69) is 10.3 Å². The van der Waals surface area contributed by atoms with Crippen molar-refractivity contribution in [3.63, 3.8) is 0 Å². The SMILES string of the molecule is Cc1nc2cc(NC(=O)N3CCCCCC3)ccc2o1. The molecule has 0 radical (unpaired) electrons. The van der Waals surface area contributed by atoms with Crippen molar-refractivity contribution < 1.29 is 9.21 Å². The van der Waals surface area contributed by atoms with Crippen LogP contribution in [0.2, 0.25) is 0 Å². The molecule has 1 saturated heterocycles. The molecular formula is C15H19N3O2. The summed E-state index contributed by atoms with van der Waals surface area (Å²) in [6.07, 6.45) is 4.62. The fourth-order valence-electron chi connectivity index (χ4n) is 2.60. The first kappa shape index (κ1) is 13.0. The lowest BCUT2D eigenvalue weighted by atomic mass is 10.2. The van der Waals surface area contributed by atoms with Gasteiger partial charge in [-0.2, -0.15) is 0 Å². The standard InChI is InChI=1S/C15H19N3O2/c1-11-16-13-10-12(6-7-14(13)20-11)17-15(19)18-8-4-2-3-5-9-18/h6-7,10H,2-5,8-9H2,1H3,(H,17,19).